The molecule has 3 N–H and O–H groups in total. The molecule has 0 aromatic carbocycles. The number of guanidine groups is 1. The molecule has 1 fully saturated rings. The van der Waals surface area contributed by atoms with Crippen LogP contribution in [0.1, 0.15) is 52.9 Å². The van der Waals surface area contributed by atoms with E-state index < -0.39 is 0 Å². The van der Waals surface area contributed by atoms with Gasteiger partial charge in [-0.05, 0) is 64.6 Å². The van der Waals surface area contributed by atoms with E-state index in [1.54, 1.807) is 0 Å². The second-order valence-corrected chi connectivity index (χ2v) is 5.95. The Morgan fingerprint density at radius 2 is 2.00 bits per heavy atom. The lowest BCUT2D eigenvalue weighted by molar-refractivity contribution is 0.190. The quantitative estimate of drug-likeness (QED) is 0.301. The van der Waals surface area contributed by atoms with Gasteiger partial charge >= 0.3 is 0 Å². The van der Waals surface area contributed by atoms with Gasteiger partial charge in [0.15, 0.2) is 5.96 Å². The third-order valence-corrected chi connectivity index (χ3v) is 4.05. The van der Waals surface area contributed by atoms with Crippen molar-refractivity contribution in [3.05, 3.63) is 0 Å². The maximum Gasteiger partial charge on any atom is 0.188 e. The lowest BCUT2D eigenvalue weighted by Gasteiger charge is -2.30. The molecule has 20 heavy (non-hydrogen) atoms. The van der Waals surface area contributed by atoms with Crippen LogP contribution in [0.5, 0.6) is 0 Å². The standard InChI is InChI=1S/C15H32N4.HI/c1-4-14(3)18-15(16)17-9-5-6-10-19-11-7-13(2)8-12-19;/h13-14H,4-12H2,1-3H3,(H3,16,17,18);1H. The number of aliphatic imine (C=N–C) groups is 1. The van der Waals surface area contributed by atoms with E-state index in [9.17, 15) is 0 Å². The Morgan fingerprint density at radius 3 is 2.60 bits per heavy atom. The first-order valence-corrected chi connectivity index (χ1v) is 7.90. The van der Waals surface area contributed by atoms with Gasteiger partial charge in [0, 0.05) is 12.6 Å². The molecule has 120 valence electrons. The summed E-state index contributed by atoms with van der Waals surface area (Å²) < 4.78 is 0. The zero-order chi connectivity index (χ0) is 14.1. The van der Waals surface area contributed by atoms with Gasteiger partial charge in [0.1, 0.15) is 0 Å². The molecule has 0 aromatic rings. The van der Waals surface area contributed by atoms with Crippen LogP contribution in [0.25, 0.3) is 0 Å². The summed E-state index contributed by atoms with van der Waals surface area (Å²) in [7, 11) is 0. The molecule has 0 bridgehead atoms. The first kappa shape index (κ1) is 20.0. The predicted octanol–water partition coefficient (Wildman–Crippen LogP) is 2.82. The molecule has 0 aromatic heterocycles. The van der Waals surface area contributed by atoms with Crippen LogP contribution >= 0.6 is 24.0 Å². The Bertz CT molecular complexity index is 263. The molecular weight excluding hydrogens is 363 g/mol. The Labute approximate surface area is 142 Å². The first-order valence-electron chi connectivity index (χ1n) is 7.90. The van der Waals surface area contributed by atoms with Crippen LogP contribution in [-0.4, -0.2) is 43.1 Å². The number of hydrogen-bond acceptors (Lipinski definition) is 2. The number of piperidine rings is 1. The number of likely N-dealkylation sites (tertiary alicyclic amines) is 1. The van der Waals surface area contributed by atoms with Gasteiger partial charge in [-0.15, -0.1) is 24.0 Å². The van der Waals surface area contributed by atoms with Crippen LogP contribution < -0.4 is 11.1 Å². The molecule has 5 heteroatoms. The van der Waals surface area contributed by atoms with E-state index in [0.717, 1.165) is 25.3 Å². The Hall–Kier alpha value is -0.0400. The molecule has 0 spiro atoms. The highest BCUT2D eigenvalue weighted by molar-refractivity contribution is 14.0. The second-order valence-electron chi connectivity index (χ2n) is 5.95. The fourth-order valence-electron chi connectivity index (χ4n) is 2.33. The lowest BCUT2D eigenvalue weighted by Crippen LogP contribution is -2.38. The smallest absolute Gasteiger partial charge is 0.188 e. The lowest BCUT2D eigenvalue weighted by atomic mass is 9.99. The van der Waals surface area contributed by atoms with Crippen LogP contribution in [0.3, 0.4) is 0 Å². The fourth-order valence-corrected chi connectivity index (χ4v) is 2.33. The zero-order valence-corrected chi connectivity index (χ0v) is 15.7. The third-order valence-electron chi connectivity index (χ3n) is 4.05. The van der Waals surface area contributed by atoms with Crippen LogP contribution in [0.15, 0.2) is 4.99 Å². The summed E-state index contributed by atoms with van der Waals surface area (Å²) in [5.41, 5.74) is 5.82. The SMILES string of the molecule is CCC(C)NC(N)=NCCCCN1CCC(C)CC1.I. The van der Waals surface area contributed by atoms with Crippen molar-refractivity contribution in [1.29, 1.82) is 0 Å². The van der Waals surface area contributed by atoms with Crippen molar-refractivity contribution in [2.24, 2.45) is 16.6 Å². The number of rotatable bonds is 7. The minimum Gasteiger partial charge on any atom is -0.370 e. The fraction of sp³-hybridized carbons (Fsp3) is 0.933. The summed E-state index contributed by atoms with van der Waals surface area (Å²) in [5, 5.41) is 3.19. The van der Waals surface area contributed by atoms with E-state index in [1.807, 2.05) is 0 Å². The maximum absolute atomic E-state index is 5.82. The molecule has 1 aliphatic heterocycles. The normalized spacial score (nSPS) is 19.4. The second kappa shape index (κ2) is 11.6. The van der Waals surface area contributed by atoms with Crippen LogP contribution in [0.2, 0.25) is 0 Å². The molecular formula is C15H33IN4. The van der Waals surface area contributed by atoms with Gasteiger partial charge in [-0.1, -0.05) is 13.8 Å². The Balaban J connectivity index is 0.00000361. The molecule has 4 nitrogen and oxygen atoms in total. The summed E-state index contributed by atoms with van der Waals surface area (Å²) in [5.74, 6) is 1.52. The summed E-state index contributed by atoms with van der Waals surface area (Å²) in [6, 6.07) is 0.416. The minimum atomic E-state index is 0. The van der Waals surface area contributed by atoms with Crippen molar-refractivity contribution in [3.63, 3.8) is 0 Å². The highest BCUT2D eigenvalue weighted by atomic mass is 127. The van der Waals surface area contributed by atoms with E-state index in [0.29, 0.717) is 12.0 Å². The van der Waals surface area contributed by atoms with Crippen molar-refractivity contribution >= 4 is 29.9 Å². The number of nitrogens with one attached hydrogen (secondary N) is 1. The van der Waals surface area contributed by atoms with Crippen molar-refractivity contribution in [1.82, 2.24) is 10.2 Å². The van der Waals surface area contributed by atoms with Crippen LogP contribution in [0.4, 0.5) is 0 Å². The summed E-state index contributed by atoms with van der Waals surface area (Å²) in [6.45, 7) is 11.3. The van der Waals surface area contributed by atoms with Gasteiger partial charge < -0.3 is 16.0 Å². The van der Waals surface area contributed by atoms with E-state index >= 15 is 0 Å². The van der Waals surface area contributed by atoms with E-state index in [2.05, 4.69) is 36.0 Å². The van der Waals surface area contributed by atoms with Crippen molar-refractivity contribution in [3.8, 4) is 0 Å². The average Bonchev–Trinajstić information content (AvgIpc) is 2.40. The number of nitrogens with zero attached hydrogens (tertiary/aromatic N) is 2. The number of nitrogens with two attached hydrogens (primary N) is 1. The van der Waals surface area contributed by atoms with E-state index in [-0.39, 0.29) is 24.0 Å². The molecule has 0 amide bonds. The monoisotopic (exact) mass is 396 g/mol. The third kappa shape index (κ3) is 9.00. The molecule has 1 aliphatic rings. The van der Waals surface area contributed by atoms with Crippen LogP contribution in [0, 0.1) is 5.92 Å². The van der Waals surface area contributed by atoms with Gasteiger partial charge in [-0.2, -0.15) is 0 Å². The highest BCUT2D eigenvalue weighted by Gasteiger charge is 2.14. The number of halogens is 1. The Morgan fingerprint density at radius 1 is 1.35 bits per heavy atom. The van der Waals surface area contributed by atoms with Gasteiger partial charge in [-0.3, -0.25) is 4.99 Å². The molecule has 0 saturated carbocycles. The number of hydrogen-bond donors (Lipinski definition) is 2. The van der Waals surface area contributed by atoms with Crippen LogP contribution in [-0.2, 0) is 0 Å². The van der Waals surface area contributed by atoms with E-state index in [4.69, 9.17) is 5.73 Å². The average molecular weight is 396 g/mol. The molecule has 1 saturated heterocycles. The first-order chi connectivity index (χ1) is 9.11. The molecule has 1 rings (SSSR count). The van der Waals surface area contributed by atoms with Gasteiger partial charge in [0.25, 0.3) is 0 Å². The zero-order valence-electron chi connectivity index (χ0n) is 13.4. The largest absolute Gasteiger partial charge is 0.370 e. The van der Waals surface area contributed by atoms with Crippen molar-refractivity contribution < 1.29 is 0 Å². The maximum atomic E-state index is 5.82. The van der Waals surface area contributed by atoms with Crippen molar-refractivity contribution in [2.45, 2.75) is 58.9 Å². The van der Waals surface area contributed by atoms with Gasteiger partial charge in [0.05, 0.1) is 0 Å². The predicted molar refractivity (Wildman–Crippen MR) is 98.9 cm³/mol. The van der Waals surface area contributed by atoms with Crippen molar-refractivity contribution in [2.75, 3.05) is 26.2 Å². The van der Waals surface area contributed by atoms with E-state index in [1.165, 1.54) is 38.9 Å². The molecule has 1 unspecified atom stereocenters. The molecule has 0 aliphatic carbocycles. The minimum absolute atomic E-state index is 0. The summed E-state index contributed by atoms with van der Waals surface area (Å²) >= 11 is 0. The summed E-state index contributed by atoms with van der Waals surface area (Å²) in [4.78, 5) is 6.96. The molecule has 1 atom stereocenters. The highest BCUT2D eigenvalue weighted by Crippen LogP contribution is 2.16. The summed E-state index contributed by atoms with van der Waals surface area (Å²) in [6.07, 6.45) is 6.17. The van der Waals surface area contributed by atoms with Gasteiger partial charge in [-0.25, -0.2) is 0 Å². The van der Waals surface area contributed by atoms with Gasteiger partial charge in [0.2, 0.25) is 0 Å². The topological polar surface area (TPSA) is 53.6 Å². The molecule has 1 heterocycles. The Kier molecular flexibility index (Phi) is 11.6. The number of unbranched alkanes of at least 4 members (excludes halogenated alkanes) is 1. The molecule has 0 radical (unpaired) electrons.